The van der Waals surface area contributed by atoms with E-state index in [0.717, 1.165) is 24.0 Å². The standard InChI is InChI=1S/C23H26N2O2/c1-3-12-24-23(26)25-13-11-19-15-20(17-7-5-4-6-8-17)14-18-9-10-21(27-2)16-22(18)19/h4-10,14-16H,3,11-13H2,1-2H3,(H2,24,25,26). The van der Waals surface area contributed by atoms with Gasteiger partial charge in [0.1, 0.15) is 5.75 Å². The highest BCUT2D eigenvalue weighted by Gasteiger charge is 2.08. The van der Waals surface area contributed by atoms with Gasteiger partial charge in [-0.25, -0.2) is 4.79 Å². The van der Waals surface area contributed by atoms with Crippen molar-refractivity contribution < 1.29 is 9.53 Å². The van der Waals surface area contributed by atoms with Gasteiger partial charge in [0.15, 0.2) is 0 Å². The van der Waals surface area contributed by atoms with Crippen LogP contribution in [0.25, 0.3) is 21.9 Å². The van der Waals surface area contributed by atoms with Gasteiger partial charge in [0.2, 0.25) is 0 Å². The predicted octanol–water partition coefficient (Wildman–Crippen LogP) is 4.77. The number of carbonyl (C=O) groups excluding carboxylic acids is 1. The molecule has 0 radical (unpaired) electrons. The zero-order chi connectivity index (χ0) is 19.1. The first-order valence-electron chi connectivity index (χ1n) is 9.39. The first-order valence-corrected chi connectivity index (χ1v) is 9.39. The summed E-state index contributed by atoms with van der Waals surface area (Å²) >= 11 is 0. The van der Waals surface area contributed by atoms with Gasteiger partial charge < -0.3 is 15.4 Å². The number of amides is 2. The smallest absolute Gasteiger partial charge is 0.314 e. The highest BCUT2D eigenvalue weighted by Crippen LogP contribution is 2.30. The number of nitrogens with one attached hydrogen (secondary N) is 2. The van der Waals surface area contributed by atoms with Crippen LogP contribution in [0.5, 0.6) is 5.75 Å². The van der Waals surface area contributed by atoms with Crippen molar-refractivity contribution in [3.63, 3.8) is 0 Å². The molecule has 3 aromatic rings. The Labute approximate surface area is 160 Å². The Balaban J connectivity index is 1.89. The third-order valence-corrected chi connectivity index (χ3v) is 4.57. The molecule has 0 unspecified atom stereocenters. The summed E-state index contributed by atoms with van der Waals surface area (Å²) in [6.07, 6.45) is 1.68. The van der Waals surface area contributed by atoms with Crippen molar-refractivity contribution in [1.82, 2.24) is 10.6 Å². The first kappa shape index (κ1) is 18.8. The molecule has 3 rings (SSSR count). The van der Waals surface area contributed by atoms with E-state index in [1.54, 1.807) is 7.11 Å². The number of hydrogen-bond donors (Lipinski definition) is 2. The van der Waals surface area contributed by atoms with Crippen LogP contribution in [0, 0.1) is 0 Å². The maximum Gasteiger partial charge on any atom is 0.314 e. The molecule has 140 valence electrons. The average Bonchev–Trinajstić information content (AvgIpc) is 2.72. The van der Waals surface area contributed by atoms with Crippen LogP contribution in [0.3, 0.4) is 0 Å². The molecule has 4 nitrogen and oxygen atoms in total. The predicted molar refractivity (Wildman–Crippen MR) is 111 cm³/mol. The maximum absolute atomic E-state index is 11.8. The second kappa shape index (κ2) is 9.08. The number of benzene rings is 3. The van der Waals surface area contributed by atoms with E-state index in [9.17, 15) is 4.79 Å². The molecule has 0 aliphatic carbocycles. The molecule has 0 heterocycles. The second-order valence-corrected chi connectivity index (χ2v) is 6.52. The topological polar surface area (TPSA) is 50.4 Å². The molecule has 4 heteroatoms. The van der Waals surface area contributed by atoms with Crippen LogP contribution in [0.1, 0.15) is 18.9 Å². The van der Waals surface area contributed by atoms with Crippen LogP contribution >= 0.6 is 0 Å². The summed E-state index contributed by atoms with van der Waals surface area (Å²) < 4.78 is 5.40. The number of rotatable bonds is 7. The Morgan fingerprint density at radius 3 is 2.44 bits per heavy atom. The minimum Gasteiger partial charge on any atom is -0.497 e. The summed E-state index contributed by atoms with van der Waals surface area (Å²) in [7, 11) is 1.68. The summed E-state index contributed by atoms with van der Waals surface area (Å²) in [5.74, 6) is 0.838. The lowest BCUT2D eigenvalue weighted by Crippen LogP contribution is -2.36. The Hall–Kier alpha value is -3.01. The van der Waals surface area contributed by atoms with Crippen LogP contribution in [0.15, 0.2) is 60.7 Å². The van der Waals surface area contributed by atoms with Crippen molar-refractivity contribution in [3.8, 4) is 16.9 Å². The largest absolute Gasteiger partial charge is 0.497 e. The normalized spacial score (nSPS) is 10.6. The van der Waals surface area contributed by atoms with Gasteiger partial charge in [-0.05, 0) is 58.5 Å². The Morgan fingerprint density at radius 1 is 0.926 bits per heavy atom. The molecule has 0 bridgehead atoms. The lowest BCUT2D eigenvalue weighted by Gasteiger charge is -2.13. The lowest BCUT2D eigenvalue weighted by molar-refractivity contribution is 0.241. The summed E-state index contributed by atoms with van der Waals surface area (Å²) in [6, 6.07) is 20.8. The van der Waals surface area contributed by atoms with Gasteiger partial charge in [0.05, 0.1) is 7.11 Å². The number of methoxy groups -OCH3 is 1. The molecular weight excluding hydrogens is 336 g/mol. The fourth-order valence-corrected chi connectivity index (χ4v) is 3.16. The van der Waals surface area contributed by atoms with Crippen molar-refractivity contribution in [3.05, 3.63) is 66.2 Å². The summed E-state index contributed by atoms with van der Waals surface area (Å²) in [5, 5.41) is 8.10. The van der Waals surface area contributed by atoms with Gasteiger partial charge in [-0.15, -0.1) is 0 Å². The molecule has 3 aromatic carbocycles. The average molecular weight is 362 g/mol. The molecule has 0 saturated carbocycles. The second-order valence-electron chi connectivity index (χ2n) is 6.52. The summed E-state index contributed by atoms with van der Waals surface area (Å²) in [5.41, 5.74) is 3.56. The van der Waals surface area contributed by atoms with Crippen molar-refractivity contribution in [2.24, 2.45) is 0 Å². The van der Waals surface area contributed by atoms with Crippen molar-refractivity contribution in [2.75, 3.05) is 20.2 Å². The van der Waals surface area contributed by atoms with E-state index < -0.39 is 0 Å². The first-order chi connectivity index (χ1) is 13.2. The third-order valence-electron chi connectivity index (χ3n) is 4.57. The molecular formula is C23H26N2O2. The van der Waals surface area contributed by atoms with E-state index >= 15 is 0 Å². The van der Waals surface area contributed by atoms with Gasteiger partial charge in [0.25, 0.3) is 0 Å². The quantitative estimate of drug-likeness (QED) is 0.636. The van der Waals surface area contributed by atoms with Crippen molar-refractivity contribution >= 4 is 16.8 Å². The number of carbonyl (C=O) groups is 1. The number of ether oxygens (including phenoxy) is 1. The fourth-order valence-electron chi connectivity index (χ4n) is 3.16. The Morgan fingerprint density at radius 2 is 1.70 bits per heavy atom. The van der Waals surface area contributed by atoms with Gasteiger partial charge in [-0.2, -0.15) is 0 Å². The number of fused-ring (bicyclic) bond motifs is 1. The molecule has 0 aliphatic heterocycles. The molecule has 27 heavy (non-hydrogen) atoms. The highest BCUT2D eigenvalue weighted by atomic mass is 16.5. The molecule has 0 atom stereocenters. The number of urea groups is 1. The monoisotopic (exact) mass is 362 g/mol. The van der Waals surface area contributed by atoms with Crippen molar-refractivity contribution in [2.45, 2.75) is 19.8 Å². The molecule has 2 N–H and O–H groups in total. The van der Waals surface area contributed by atoms with Gasteiger partial charge in [-0.3, -0.25) is 0 Å². The molecule has 0 spiro atoms. The van der Waals surface area contributed by atoms with E-state index in [2.05, 4.69) is 47.0 Å². The van der Waals surface area contributed by atoms with E-state index in [-0.39, 0.29) is 6.03 Å². The molecule has 0 saturated heterocycles. The minimum atomic E-state index is -0.113. The minimum absolute atomic E-state index is 0.113. The lowest BCUT2D eigenvalue weighted by atomic mass is 9.95. The van der Waals surface area contributed by atoms with E-state index in [1.165, 1.54) is 22.1 Å². The van der Waals surface area contributed by atoms with Crippen LogP contribution < -0.4 is 15.4 Å². The SMILES string of the molecule is CCCNC(=O)NCCc1cc(-c2ccccc2)cc2ccc(OC)cc12. The fraction of sp³-hybridized carbons (Fsp3) is 0.261. The van der Waals surface area contributed by atoms with Gasteiger partial charge >= 0.3 is 6.03 Å². The molecule has 0 aliphatic rings. The summed E-state index contributed by atoms with van der Waals surface area (Å²) in [4.78, 5) is 11.8. The van der Waals surface area contributed by atoms with Crippen LogP contribution in [-0.4, -0.2) is 26.2 Å². The highest BCUT2D eigenvalue weighted by molar-refractivity contribution is 5.91. The number of hydrogen-bond acceptors (Lipinski definition) is 2. The summed E-state index contributed by atoms with van der Waals surface area (Å²) in [6.45, 7) is 3.31. The third kappa shape index (κ3) is 4.79. The van der Waals surface area contributed by atoms with E-state index in [0.29, 0.717) is 13.1 Å². The van der Waals surface area contributed by atoms with E-state index in [1.807, 2.05) is 31.2 Å². The molecule has 2 amide bonds. The Kier molecular flexibility index (Phi) is 6.31. The zero-order valence-corrected chi connectivity index (χ0v) is 15.9. The molecule has 0 fully saturated rings. The van der Waals surface area contributed by atoms with Gasteiger partial charge in [0, 0.05) is 13.1 Å². The van der Waals surface area contributed by atoms with Crippen LogP contribution in [0.4, 0.5) is 4.79 Å². The van der Waals surface area contributed by atoms with Gasteiger partial charge in [-0.1, -0.05) is 49.4 Å². The van der Waals surface area contributed by atoms with Crippen molar-refractivity contribution in [1.29, 1.82) is 0 Å². The maximum atomic E-state index is 11.8. The van der Waals surface area contributed by atoms with Crippen LogP contribution in [0.2, 0.25) is 0 Å². The zero-order valence-electron chi connectivity index (χ0n) is 15.9. The van der Waals surface area contributed by atoms with E-state index in [4.69, 9.17) is 4.74 Å². The molecule has 0 aromatic heterocycles. The van der Waals surface area contributed by atoms with Crippen LogP contribution in [-0.2, 0) is 6.42 Å². The Bertz CT molecular complexity index is 907.